The number of carbonyl (C=O) groups is 2. The van der Waals surface area contributed by atoms with Crippen molar-refractivity contribution < 1.29 is 24.9 Å². The van der Waals surface area contributed by atoms with Gasteiger partial charge in [0.05, 0.1) is 11.9 Å². The number of aliphatic carboxylic acids is 2. The number of likely N-dealkylation sites (N-methyl/N-ethyl adjacent to an activating group) is 2. The molecule has 25 heavy (non-hydrogen) atoms. The monoisotopic (exact) mass is 412 g/mol. The van der Waals surface area contributed by atoms with Crippen molar-refractivity contribution in [1.29, 1.82) is 0 Å². The molecule has 136 valence electrons. The van der Waals surface area contributed by atoms with E-state index in [4.69, 9.17) is 10.2 Å². The molecule has 2 aliphatic heterocycles. The van der Waals surface area contributed by atoms with Crippen LogP contribution in [0.2, 0.25) is 0 Å². The molecule has 1 aromatic carbocycles. The number of aromatic hydroxyl groups is 1. The second-order valence-electron chi connectivity index (χ2n) is 6.47. The van der Waals surface area contributed by atoms with Gasteiger partial charge in [-0.25, -0.2) is 9.59 Å². The fourth-order valence-electron chi connectivity index (χ4n) is 3.79. The van der Waals surface area contributed by atoms with Gasteiger partial charge in [-0.2, -0.15) is 0 Å². The van der Waals surface area contributed by atoms with E-state index in [1.807, 2.05) is 6.07 Å². The summed E-state index contributed by atoms with van der Waals surface area (Å²) in [5, 5.41) is 25.4. The topological polar surface area (TPSA) is 101 Å². The molecule has 3 N–H and O–H groups in total. The molecule has 1 fully saturated rings. The first kappa shape index (κ1) is 19.3. The van der Waals surface area contributed by atoms with E-state index in [0.29, 0.717) is 24.1 Å². The standard InChI is InChI=1S/C13H17BrN2O.C4H4O4/c1-13-4-5-15(2)12(13)16(3)11-9(13)6-8(17)7-10(11)14;5-3(6)1-2-4(7)8/h6-7,12,17H,4-5H2,1-3H3;1-2H,(H,5,6)(H,7,8)/b;2-1+/t12-,13+;/m1./s1. The molecule has 0 bridgehead atoms. The second-order valence-corrected chi connectivity index (χ2v) is 7.32. The quantitative estimate of drug-likeness (QED) is 0.640. The number of phenols is 1. The third-order valence-corrected chi connectivity index (χ3v) is 5.33. The summed E-state index contributed by atoms with van der Waals surface area (Å²) in [5.41, 5.74) is 2.61. The molecule has 0 radical (unpaired) electrons. The second kappa shape index (κ2) is 7.05. The largest absolute Gasteiger partial charge is 0.508 e. The van der Waals surface area contributed by atoms with Crippen molar-refractivity contribution in [2.45, 2.75) is 24.9 Å². The van der Waals surface area contributed by atoms with Crippen LogP contribution >= 0.6 is 15.9 Å². The molecular formula is C17H21BrN2O5. The highest BCUT2D eigenvalue weighted by atomic mass is 79.9. The fourth-order valence-corrected chi connectivity index (χ4v) is 4.51. The number of phenolic OH excluding ortho intramolecular Hbond substituents is 1. The third kappa shape index (κ3) is 3.64. The molecule has 2 heterocycles. The van der Waals surface area contributed by atoms with Crippen LogP contribution in [0.25, 0.3) is 0 Å². The van der Waals surface area contributed by atoms with Crippen LogP contribution in [-0.2, 0) is 15.0 Å². The lowest BCUT2D eigenvalue weighted by atomic mass is 9.81. The van der Waals surface area contributed by atoms with Crippen LogP contribution in [0.5, 0.6) is 5.75 Å². The molecule has 0 aliphatic carbocycles. The summed E-state index contributed by atoms with van der Waals surface area (Å²) >= 11 is 3.57. The Morgan fingerprint density at radius 3 is 2.32 bits per heavy atom. The van der Waals surface area contributed by atoms with Crippen LogP contribution in [0.4, 0.5) is 5.69 Å². The molecule has 0 spiro atoms. The van der Waals surface area contributed by atoms with Gasteiger partial charge in [0.2, 0.25) is 0 Å². The Balaban J connectivity index is 0.000000242. The minimum atomic E-state index is -1.26. The van der Waals surface area contributed by atoms with E-state index in [2.05, 4.69) is 46.7 Å². The lowest BCUT2D eigenvalue weighted by Gasteiger charge is -2.32. The molecule has 0 aromatic heterocycles. The Morgan fingerprint density at radius 1 is 1.24 bits per heavy atom. The van der Waals surface area contributed by atoms with Gasteiger partial charge >= 0.3 is 11.9 Å². The van der Waals surface area contributed by atoms with E-state index in [-0.39, 0.29) is 5.41 Å². The van der Waals surface area contributed by atoms with Crippen molar-refractivity contribution in [1.82, 2.24) is 4.90 Å². The van der Waals surface area contributed by atoms with Gasteiger partial charge in [-0.15, -0.1) is 0 Å². The number of hydrogen-bond donors (Lipinski definition) is 3. The number of likely N-dealkylation sites (tertiary alicyclic amines) is 1. The maximum absolute atomic E-state index is 9.80. The minimum Gasteiger partial charge on any atom is -0.508 e. The van der Waals surface area contributed by atoms with Crippen LogP contribution in [-0.4, -0.2) is 59.0 Å². The number of halogens is 1. The van der Waals surface area contributed by atoms with Gasteiger partial charge < -0.3 is 20.2 Å². The highest BCUT2D eigenvalue weighted by Gasteiger charge is 2.52. The van der Waals surface area contributed by atoms with Crippen LogP contribution in [0, 0.1) is 0 Å². The van der Waals surface area contributed by atoms with Crippen molar-refractivity contribution in [2.24, 2.45) is 0 Å². The molecular weight excluding hydrogens is 392 g/mol. The number of anilines is 1. The molecule has 2 atom stereocenters. The summed E-state index contributed by atoms with van der Waals surface area (Å²) in [6.07, 6.45) is 2.65. The van der Waals surface area contributed by atoms with Crippen molar-refractivity contribution in [3.8, 4) is 5.75 Å². The molecule has 2 aliphatic rings. The van der Waals surface area contributed by atoms with Gasteiger partial charge in [0.15, 0.2) is 0 Å². The first-order valence-corrected chi connectivity index (χ1v) is 8.47. The number of fused-ring (bicyclic) bond motifs is 3. The highest BCUT2D eigenvalue weighted by Crippen LogP contribution is 2.54. The normalized spacial score (nSPS) is 24.6. The summed E-state index contributed by atoms with van der Waals surface area (Å²) in [6, 6.07) is 3.70. The van der Waals surface area contributed by atoms with E-state index >= 15 is 0 Å². The lowest BCUT2D eigenvalue weighted by Crippen LogP contribution is -2.45. The average molecular weight is 413 g/mol. The summed E-state index contributed by atoms with van der Waals surface area (Å²) < 4.78 is 0.985. The Hall–Kier alpha value is -2.06. The average Bonchev–Trinajstić information content (AvgIpc) is 2.91. The molecule has 7 nitrogen and oxygen atoms in total. The summed E-state index contributed by atoms with van der Waals surface area (Å²) in [5.74, 6) is -2.17. The van der Waals surface area contributed by atoms with E-state index in [1.165, 1.54) is 11.3 Å². The fraction of sp³-hybridized carbons (Fsp3) is 0.412. The number of nitrogens with zero attached hydrogens (tertiary/aromatic N) is 2. The van der Waals surface area contributed by atoms with Crippen molar-refractivity contribution in [2.75, 3.05) is 25.5 Å². The molecule has 0 amide bonds. The highest BCUT2D eigenvalue weighted by molar-refractivity contribution is 9.10. The van der Waals surface area contributed by atoms with E-state index < -0.39 is 11.9 Å². The van der Waals surface area contributed by atoms with Gasteiger partial charge in [-0.1, -0.05) is 6.92 Å². The zero-order valence-corrected chi connectivity index (χ0v) is 15.8. The zero-order valence-electron chi connectivity index (χ0n) is 14.2. The number of rotatable bonds is 2. The molecule has 3 rings (SSSR count). The summed E-state index contributed by atoms with van der Waals surface area (Å²) in [6.45, 7) is 3.41. The van der Waals surface area contributed by atoms with Crippen LogP contribution in [0.1, 0.15) is 18.9 Å². The third-order valence-electron chi connectivity index (χ3n) is 4.72. The van der Waals surface area contributed by atoms with Crippen LogP contribution in [0.3, 0.4) is 0 Å². The predicted octanol–water partition coefficient (Wildman–Crippen LogP) is 2.24. The van der Waals surface area contributed by atoms with E-state index in [0.717, 1.165) is 17.4 Å². The van der Waals surface area contributed by atoms with Crippen LogP contribution in [0.15, 0.2) is 28.8 Å². The SMILES string of the molecule is CN1CC[C@@]2(C)c3cc(O)cc(Br)c3N(C)[C@@H]12.O=C(O)/C=C/C(=O)O. The van der Waals surface area contributed by atoms with Crippen molar-refractivity contribution >= 4 is 33.6 Å². The Kier molecular flexibility index (Phi) is 5.43. The first-order chi connectivity index (χ1) is 11.6. The Labute approximate surface area is 154 Å². The van der Waals surface area contributed by atoms with Crippen molar-refractivity contribution in [3.63, 3.8) is 0 Å². The zero-order chi connectivity index (χ0) is 18.9. The maximum Gasteiger partial charge on any atom is 0.328 e. The van der Waals surface area contributed by atoms with Gasteiger partial charge in [-0.05, 0) is 47.1 Å². The first-order valence-electron chi connectivity index (χ1n) is 7.68. The van der Waals surface area contributed by atoms with E-state index in [1.54, 1.807) is 6.07 Å². The van der Waals surface area contributed by atoms with Gasteiger partial charge in [0.25, 0.3) is 0 Å². The minimum absolute atomic E-state index is 0.125. The number of benzene rings is 1. The Bertz CT molecular complexity index is 720. The molecule has 0 unspecified atom stereocenters. The maximum atomic E-state index is 9.80. The van der Waals surface area contributed by atoms with E-state index in [9.17, 15) is 14.7 Å². The predicted molar refractivity (Wildman–Crippen MR) is 97.0 cm³/mol. The lowest BCUT2D eigenvalue weighted by molar-refractivity contribution is -0.134. The smallest absolute Gasteiger partial charge is 0.328 e. The number of carboxylic acid groups (broad SMARTS) is 2. The van der Waals surface area contributed by atoms with Crippen LogP contribution < -0.4 is 4.90 Å². The molecule has 0 saturated carbocycles. The summed E-state index contributed by atoms with van der Waals surface area (Å²) in [7, 11) is 4.31. The molecule has 1 aromatic rings. The van der Waals surface area contributed by atoms with Crippen molar-refractivity contribution in [3.05, 3.63) is 34.3 Å². The number of hydrogen-bond acceptors (Lipinski definition) is 5. The number of carboxylic acids is 2. The summed E-state index contributed by atoms with van der Waals surface area (Å²) in [4.78, 5) is 23.8. The Morgan fingerprint density at radius 2 is 1.80 bits per heavy atom. The van der Waals surface area contributed by atoms with Gasteiger partial charge in [0.1, 0.15) is 5.75 Å². The van der Waals surface area contributed by atoms with Gasteiger partial charge in [0, 0.05) is 35.6 Å². The molecule has 8 heteroatoms. The van der Waals surface area contributed by atoms with Gasteiger partial charge in [-0.3, -0.25) is 4.90 Å². The molecule has 1 saturated heterocycles.